The van der Waals surface area contributed by atoms with Gasteiger partial charge in [0.2, 0.25) is 5.91 Å². The van der Waals surface area contributed by atoms with Crippen molar-refractivity contribution in [1.82, 2.24) is 5.32 Å². The number of hydrogen-bond acceptors (Lipinski definition) is 8. The van der Waals surface area contributed by atoms with Gasteiger partial charge in [0, 0.05) is 6.42 Å². The Morgan fingerprint density at radius 2 is 0.937 bits per heavy atom. The van der Waals surface area contributed by atoms with Gasteiger partial charge in [-0.2, -0.15) is 0 Å². The van der Waals surface area contributed by atoms with Gasteiger partial charge < -0.3 is 40.3 Å². The third-order valence-corrected chi connectivity index (χ3v) is 12.4. The number of hydrogen-bond donors (Lipinski definition) is 6. The summed E-state index contributed by atoms with van der Waals surface area (Å²) in [5.74, 6) is -0.180. The van der Waals surface area contributed by atoms with Gasteiger partial charge in [-0.1, -0.05) is 217 Å². The molecule has 7 atom stereocenters. The fraction of sp³-hybridized carbons (Fsp3) is 0.833. The average Bonchev–Trinajstić information content (AvgIpc) is 3.28. The van der Waals surface area contributed by atoms with Crippen LogP contribution in [0.4, 0.5) is 0 Å². The van der Waals surface area contributed by atoms with Crippen LogP contribution in [0.5, 0.6) is 0 Å². The van der Waals surface area contributed by atoms with Gasteiger partial charge in [-0.15, -0.1) is 0 Å². The molecule has 0 aromatic carbocycles. The number of allylic oxidation sites excluding steroid dienone is 7. The lowest BCUT2D eigenvalue weighted by Gasteiger charge is -2.40. The highest BCUT2D eigenvalue weighted by molar-refractivity contribution is 5.76. The summed E-state index contributed by atoms with van der Waals surface area (Å²) in [5.41, 5.74) is 0. The Morgan fingerprint density at radius 1 is 0.540 bits per heavy atom. The van der Waals surface area contributed by atoms with Gasteiger partial charge in [0.05, 0.1) is 25.4 Å². The minimum absolute atomic E-state index is 0.180. The third kappa shape index (κ3) is 34.2. The number of carbonyl (C=O) groups excluding carboxylic acids is 1. The smallest absolute Gasteiger partial charge is 0.220 e. The Hall–Kier alpha value is -1.85. The minimum atomic E-state index is -1.57. The van der Waals surface area contributed by atoms with E-state index in [1.54, 1.807) is 6.08 Å². The molecule has 63 heavy (non-hydrogen) atoms. The summed E-state index contributed by atoms with van der Waals surface area (Å²) in [6, 6.07) is -0.805. The molecule has 1 rings (SSSR count). The van der Waals surface area contributed by atoms with Gasteiger partial charge in [0.15, 0.2) is 6.29 Å². The monoisotopic (exact) mass is 890 g/mol. The Morgan fingerprint density at radius 3 is 1.38 bits per heavy atom. The molecule has 1 heterocycles. The molecule has 0 radical (unpaired) electrons. The lowest BCUT2D eigenvalue weighted by atomic mass is 9.99. The quantitative estimate of drug-likeness (QED) is 0.0262. The van der Waals surface area contributed by atoms with E-state index < -0.39 is 49.5 Å². The first-order valence-electron chi connectivity index (χ1n) is 26.4. The molecule has 0 bridgehead atoms. The number of aliphatic hydroxyl groups excluding tert-OH is 5. The summed E-state index contributed by atoms with van der Waals surface area (Å²) < 4.78 is 11.2. The summed E-state index contributed by atoms with van der Waals surface area (Å²) in [4.78, 5) is 13.0. The number of unbranched alkanes of at least 4 members (excludes halogenated alkanes) is 28. The third-order valence-electron chi connectivity index (χ3n) is 12.4. The topological polar surface area (TPSA) is 149 Å². The van der Waals surface area contributed by atoms with E-state index in [1.807, 2.05) is 6.08 Å². The van der Waals surface area contributed by atoms with E-state index >= 15 is 0 Å². The fourth-order valence-electron chi connectivity index (χ4n) is 8.16. The van der Waals surface area contributed by atoms with Crippen molar-refractivity contribution in [3.8, 4) is 0 Å². The van der Waals surface area contributed by atoms with E-state index in [1.165, 1.54) is 161 Å². The van der Waals surface area contributed by atoms with Crippen LogP contribution in [0.15, 0.2) is 48.6 Å². The summed E-state index contributed by atoms with van der Waals surface area (Å²) in [7, 11) is 0. The predicted molar refractivity (Wildman–Crippen MR) is 263 cm³/mol. The van der Waals surface area contributed by atoms with E-state index in [0.717, 1.165) is 51.4 Å². The molecule has 1 saturated heterocycles. The number of ether oxygens (including phenoxy) is 2. The van der Waals surface area contributed by atoms with Crippen LogP contribution in [0.25, 0.3) is 0 Å². The molecule has 0 aromatic rings. The zero-order valence-electron chi connectivity index (χ0n) is 40.6. The predicted octanol–water partition coefficient (Wildman–Crippen LogP) is 12.2. The van der Waals surface area contributed by atoms with Crippen molar-refractivity contribution < 1.29 is 39.8 Å². The maximum Gasteiger partial charge on any atom is 0.220 e. The molecule has 1 aliphatic heterocycles. The van der Waals surface area contributed by atoms with Crippen molar-refractivity contribution in [1.29, 1.82) is 0 Å². The van der Waals surface area contributed by atoms with E-state index in [2.05, 4.69) is 55.6 Å². The van der Waals surface area contributed by atoms with Crippen molar-refractivity contribution in [3.63, 3.8) is 0 Å². The van der Waals surface area contributed by atoms with E-state index in [9.17, 15) is 30.3 Å². The van der Waals surface area contributed by atoms with Gasteiger partial charge in [-0.05, 0) is 57.8 Å². The largest absolute Gasteiger partial charge is 0.394 e. The Kier molecular flexibility index (Phi) is 41.3. The van der Waals surface area contributed by atoms with Gasteiger partial charge in [-0.3, -0.25) is 4.79 Å². The van der Waals surface area contributed by atoms with Crippen LogP contribution >= 0.6 is 0 Å². The van der Waals surface area contributed by atoms with Gasteiger partial charge >= 0.3 is 0 Å². The Bertz CT molecular complexity index is 1130. The molecule has 0 spiro atoms. The zero-order chi connectivity index (χ0) is 45.9. The highest BCUT2D eigenvalue weighted by Crippen LogP contribution is 2.23. The van der Waals surface area contributed by atoms with Crippen LogP contribution in [-0.4, -0.2) is 87.5 Å². The molecule has 1 aliphatic rings. The first-order valence-corrected chi connectivity index (χ1v) is 26.4. The molecular formula is C54H99NO8. The molecule has 6 N–H and O–H groups in total. The molecule has 9 heteroatoms. The summed E-state index contributed by atoms with van der Waals surface area (Å²) in [5, 5.41) is 54.3. The van der Waals surface area contributed by atoms with Crippen molar-refractivity contribution in [2.45, 2.75) is 275 Å². The molecule has 0 aliphatic carbocycles. The van der Waals surface area contributed by atoms with Crippen molar-refractivity contribution in [3.05, 3.63) is 48.6 Å². The summed E-state index contributed by atoms with van der Waals surface area (Å²) in [6.45, 7) is 3.76. The number of aliphatic hydroxyl groups is 5. The molecule has 9 nitrogen and oxygen atoms in total. The lowest BCUT2D eigenvalue weighted by Crippen LogP contribution is -2.60. The molecule has 1 fully saturated rings. The minimum Gasteiger partial charge on any atom is -0.394 e. The fourth-order valence-corrected chi connectivity index (χ4v) is 8.16. The van der Waals surface area contributed by atoms with Crippen LogP contribution in [0.1, 0.15) is 232 Å². The van der Waals surface area contributed by atoms with Crippen molar-refractivity contribution in [2.24, 2.45) is 0 Å². The van der Waals surface area contributed by atoms with Crippen LogP contribution in [0, 0.1) is 0 Å². The normalized spacial score (nSPS) is 20.5. The van der Waals surface area contributed by atoms with Crippen LogP contribution in [0.3, 0.4) is 0 Å². The molecular weight excluding hydrogens is 791 g/mol. The molecule has 0 aromatic heterocycles. The van der Waals surface area contributed by atoms with Gasteiger partial charge in [0.25, 0.3) is 0 Å². The summed E-state index contributed by atoms with van der Waals surface area (Å²) in [6.07, 6.45) is 50.2. The van der Waals surface area contributed by atoms with Crippen molar-refractivity contribution in [2.75, 3.05) is 13.2 Å². The average molecular weight is 890 g/mol. The van der Waals surface area contributed by atoms with E-state index in [0.29, 0.717) is 6.42 Å². The van der Waals surface area contributed by atoms with Crippen LogP contribution < -0.4 is 5.32 Å². The molecule has 368 valence electrons. The first kappa shape index (κ1) is 59.2. The Balaban J connectivity index is 2.22. The van der Waals surface area contributed by atoms with Crippen LogP contribution in [0.2, 0.25) is 0 Å². The zero-order valence-corrected chi connectivity index (χ0v) is 40.6. The maximum atomic E-state index is 13.0. The molecule has 0 saturated carbocycles. The summed E-state index contributed by atoms with van der Waals surface area (Å²) >= 11 is 0. The van der Waals surface area contributed by atoms with Crippen molar-refractivity contribution >= 4 is 5.91 Å². The number of nitrogens with one attached hydrogen (secondary N) is 1. The number of carbonyl (C=O) groups is 1. The number of rotatable bonds is 44. The number of amides is 1. The van der Waals surface area contributed by atoms with E-state index in [-0.39, 0.29) is 12.5 Å². The van der Waals surface area contributed by atoms with Crippen LogP contribution in [-0.2, 0) is 14.3 Å². The second-order valence-corrected chi connectivity index (χ2v) is 18.3. The second-order valence-electron chi connectivity index (χ2n) is 18.3. The Labute approximate surface area is 386 Å². The first-order chi connectivity index (χ1) is 30.8. The van der Waals surface area contributed by atoms with E-state index in [4.69, 9.17) is 9.47 Å². The highest BCUT2D eigenvalue weighted by Gasteiger charge is 2.44. The highest BCUT2D eigenvalue weighted by atomic mass is 16.7. The molecule has 7 unspecified atom stereocenters. The standard InChI is InChI=1S/C54H99NO8/c1-3-5-7-9-11-13-15-17-18-19-20-21-22-23-24-25-26-27-28-29-30-32-34-36-38-40-42-44-50(58)55-47(46-62-54-53(61)52(60)51(59)49(45-56)63-54)48(57)43-41-39-37-35-33-31-16-14-12-10-8-6-4-2/h15,17,19-20,22-23,41,43,47-49,51-54,56-57,59-61H,3-14,16,18,21,24-40,42,44-46H2,1-2H3,(H,55,58)/b17-15-,20-19-,23-22-,43-41+. The van der Waals surface area contributed by atoms with Gasteiger partial charge in [-0.25, -0.2) is 0 Å². The maximum absolute atomic E-state index is 13.0. The lowest BCUT2D eigenvalue weighted by molar-refractivity contribution is -0.302. The SMILES string of the molecule is CCCCCCC/C=C\C/C=C\C/C=C\CCCCCCCCCCCCCCC(=O)NC(COC1OC(CO)C(O)C(O)C1O)C(O)/C=C/CCCCCCCCCCCCC. The molecule has 1 amide bonds. The van der Waals surface area contributed by atoms with Gasteiger partial charge in [0.1, 0.15) is 24.4 Å². The second kappa shape index (κ2) is 44.0.